The lowest BCUT2D eigenvalue weighted by Gasteiger charge is -2.52. The summed E-state index contributed by atoms with van der Waals surface area (Å²) in [5.41, 5.74) is 4.81. The Morgan fingerprint density at radius 2 is 1.95 bits per heavy atom. The number of nitrogens with one attached hydrogen (secondary N) is 2. The number of hydrogen-bond donors (Lipinski definition) is 4. The Bertz CT molecular complexity index is 1370. The van der Waals surface area contributed by atoms with Crippen LogP contribution in [0.5, 0.6) is 0 Å². The molecule has 0 amide bonds. The molecule has 1 aliphatic carbocycles. The van der Waals surface area contributed by atoms with E-state index in [9.17, 15) is 28.2 Å². The molecule has 236 valence electrons. The van der Waals surface area contributed by atoms with Crippen LogP contribution in [-0.4, -0.2) is 81.8 Å². The number of aromatic nitrogens is 2. The quantitative estimate of drug-likeness (QED) is 0.282. The van der Waals surface area contributed by atoms with E-state index in [0.29, 0.717) is 44.0 Å². The van der Waals surface area contributed by atoms with E-state index in [1.807, 2.05) is 6.92 Å². The number of rotatable bonds is 7. The maximum absolute atomic E-state index is 14.4. The van der Waals surface area contributed by atoms with Crippen molar-refractivity contribution in [2.24, 2.45) is 17.3 Å². The molecule has 4 fully saturated rings. The molecular formula is C29H42BF3N6O4. The molecule has 0 aromatic carbocycles. The molecule has 6 rings (SSSR count). The number of hydrazine groups is 1. The average molecular weight is 606 g/mol. The molecule has 4 aliphatic rings. The Morgan fingerprint density at radius 3 is 2.60 bits per heavy atom. The van der Waals surface area contributed by atoms with Crippen molar-refractivity contribution >= 4 is 13.4 Å². The largest absolute Gasteiger partial charge is 0.418 e. The molecule has 2 aromatic heterocycles. The van der Waals surface area contributed by atoms with E-state index in [4.69, 9.17) is 12.6 Å². The summed E-state index contributed by atoms with van der Waals surface area (Å²) in [7, 11) is 5.56. The van der Waals surface area contributed by atoms with Crippen LogP contribution in [0.25, 0.3) is 5.52 Å². The summed E-state index contributed by atoms with van der Waals surface area (Å²) in [5.74, 6) is -1.90. The number of nitrogens with zero attached hydrogens (tertiary/aromatic N) is 4. The lowest BCUT2D eigenvalue weighted by Crippen LogP contribution is -2.59. The molecule has 3 unspecified atom stereocenters. The monoisotopic (exact) mass is 606 g/mol. The van der Waals surface area contributed by atoms with Crippen LogP contribution in [0.15, 0.2) is 23.3 Å². The third-order valence-corrected chi connectivity index (χ3v) is 10.4. The molecule has 0 bridgehead atoms. The molecule has 3 saturated heterocycles. The third-order valence-electron chi connectivity index (χ3n) is 10.4. The first-order chi connectivity index (χ1) is 20.3. The van der Waals surface area contributed by atoms with Gasteiger partial charge in [0.25, 0.3) is 0 Å². The summed E-state index contributed by atoms with van der Waals surface area (Å²) in [6, 6.07) is 0.717. The fourth-order valence-corrected chi connectivity index (χ4v) is 7.92. The van der Waals surface area contributed by atoms with E-state index >= 15 is 0 Å². The van der Waals surface area contributed by atoms with E-state index in [-0.39, 0.29) is 35.6 Å². The maximum Gasteiger partial charge on any atom is 0.418 e. The van der Waals surface area contributed by atoms with Gasteiger partial charge < -0.3 is 14.9 Å². The number of alkyl halides is 3. The van der Waals surface area contributed by atoms with E-state index < -0.39 is 29.4 Å². The number of aliphatic hydroxyl groups is 2. The van der Waals surface area contributed by atoms with Crippen molar-refractivity contribution in [3.05, 3.63) is 40.1 Å². The fourth-order valence-electron chi connectivity index (χ4n) is 7.92. The van der Waals surface area contributed by atoms with Crippen LogP contribution in [0, 0.1) is 17.3 Å². The van der Waals surface area contributed by atoms with Gasteiger partial charge in [-0.2, -0.15) is 13.2 Å². The van der Waals surface area contributed by atoms with Crippen molar-refractivity contribution in [2.75, 3.05) is 33.0 Å². The SMILES string of the molecule is [B]C(O)(O)N1CNNC1CC1(C2CCCC(n3cc4c(C(F)(F)F)cc([C@@H](C)N5CCC[C@H](C)C5)cn4c3=O)C2)COC1. The zero-order valence-electron chi connectivity index (χ0n) is 24.8. The Kier molecular flexibility index (Phi) is 8.27. The number of imidazole rings is 1. The van der Waals surface area contributed by atoms with E-state index in [1.165, 1.54) is 26.1 Å². The summed E-state index contributed by atoms with van der Waals surface area (Å²) in [6.45, 7) is 6.82. The summed E-state index contributed by atoms with van der Waals surface area (Å²) in [5, 5.41) is 20.0. The van der Waals surface area contributed by atoms with Gasteiger partial charge in [-0.15, -0.1) is 0 Å². The molecular weight excluding hydrogens is 564 g/mol. The van der Waals surface area contributed by atoms with Crippen LogP contribution < -0.4 is 16.5 Å². The number of piperidine rings is 1. The van der Waals surface area contributed by atoms with Gasteiger partial charge in [-0.05, 0) is 75.5 Å². The number of hydrogen-bond acceptors (Lipinski definition) is 8. The van der Waals surface area contributed by atoms with Gasteiger partial charge in [0, 0.05) is 36.4 Å². The number of likely N-dealkylation sites (tertiary alicyclic amines) is 1. The summed E-state index contributed by atoms with van der Waals surface area (Å²) in [6.07, 6.45) is 3.58. The van der Waals surface area contributed by atoms with E-state index in [1.54, 1.807) is 6.20 Å². The maximum atomic E-state index is 14.4. The molecule has 3 aliphatic heterocycles. The van der Waals surface area contributed by atoms with Crippen LogP contribution in [0.2, 0.25) is 0 Å². The van der Waals surface area contributed by atoms with Crippen LogP contribution in [0.1, 0.15) is 82.0 Å². The highest BCUT2D eigenvalue weighted by atomic mass is 19.4. The average Bonchev–Trinajstić information content (AvgIpc) is 3.54. The molecule has 5 atom stereocenters. The smallest absolute Gasteiger partial charge is 0.380 e. The van der Waals surface area contributed by atoms with Gasteiger partial charge in [-0.1, -0.05) is 13.3 Å². The van der Waals surface area contributed by atoms with Crippen LogP contribution >= 0.6 is 0 Å². The van der Waals surface area contributed by atoms with Crippen LogP contribution in [-0.2, 0) is 10.9 Å². The minimum atomic E-state index is -4.61. The Morgan fingerprint density at radius 1 is 1.19 bits per heavy atom. The fraction of sp³-hybridized carbons (Fsp3) is 0.759. The number of fused-ring (bicyclic) bond motifs is 1. The lowest BCUT2D eigenvalue weighted by molar-refractivity contribution is -0.220. The third kappa shape index (κ3) is 5.92. The predicted octanol–water partition coefficient (Wildman–Crippen LogP) is 2.51. The van der Waals surface area contributed by atoms with Crippen molar-refractivity contribution < 1.29 is 28.1 Å². The highest BCUT2D eigenvalue weighted by Crippen LogP contribution is 2.50. The molecule has 2 radical (unpaired) electrons. The van der Waals surface area contributed by atoms with Gasteiger partial charge in [0.1, 0.15) is 0 Å². The Hall–Kier alpha value is -1.94. The molecule has 5 heterocycles. The second-order valence-corrected chi connectivity index (χ2v) is 13.4. The van der Waals surface area contributed by atoms with E-state index in [0.717, 1.165) is 38.8 Å². The number of halogens is 3. The first kappa shape index (κ1) is 31.1. The molecule has 14 heteroatoms. The molecule has 10 nitrogen and oxygen atoms in total. The number of pyridine rings is 1. The summed E-state index contributed by atoms with van der Waals surface area (Å²) >= 11 is 0. The Balaban J connectivity index is 1.29. The van der Waals surface area contributed by atoms with Crippen molar-refractivity contribution in [1.29, 1.82) is 0 Å². The first-order valence-corrected chi connectivity index (χ1v) is 15.4. The predicted molar refractivity (Wildman–Crippen MR) is 154 cm³/mol. The summed E-state index contributed by atoms with van der Waals surface area (Å²) in [4.78, 5) is 17.3. The van der Waals surface area contributed by atoms with Crippen LogP contribution in [0.3, 0.4) is 0 Å². The minimum absolute atomic E-state index is 0.119. The molecule has 0 spiro atoms. The zero-order valence-corrected chi connectivity index (χ0v) is 24.8. The lowest BCUT2D eigenvalue weighted by atomic mass is 9.64. The van der Waals surface area contributed by atoms with Gasteiger partial charge in [-0.3, -0.25) is 13.9 Å². The normalized spacial score (nSPS) is 30.0. The van der Waals surface area contributed by atoms with Gasteiger partial charge >= 0.3 is 11.9 Å². The van der Waals surface area contributed by atoms with Gasteiger partial charge in [0.15, 0.2) is 13.7 Å². The first-order valence-electron chi connectivity index (χ1n) is 15.4. The minimum Gasteiger partial charge on any atom is -0.380 e. The second kappa shape index (κ2) is 11.5. The molecule has 4 N–H and O–H groups in total. The standard InChI is InChI=1S/C29H42BF3N6O4/c1-18-5-4-8-36(12-18)19(2)20-9-23(28(31,32)33)24-14-37(26(40)38(24)13-20)22-7-3-6-21(10-22)27(15-43-16-27)11-25-35-34-17-39(25)29(30,41)42/h9,13-14,18-19,21-22,25,34-35,41-42H,3-8,10-12,15-17H2,1-2H3/t18-,19+,21?,22?,25?/m0/s1. The molecule has 2 aromatic rings. The zero-order chi connectivity index (χ0) is 30.7. The highest BCUT2D eigenvalue weighted by Gasteiger charge is 2.51. The molecule has 1 saturated carbocycles. The van der Waals surface area contributed by atoms with Crippen molar-refractivity contribution in [2.45, 2.75) is 89.0 Å². The second-order valence-electron chi connectivity index (χ2n) is 13.4. The number of ether oxygens (including phenoxy) is 1. The summed E-state index contributed by atoms with van der Waals surface area (Å²) < 4.78 is 51.6. The van der Waals surface area contributed by atoms with Crippen LogP contribution in [0.4, 0.5) is 13.2 Å². The highest BCUT2D eigenvalue weighted by molar-refractivity contribution is 6.12. The topological polar surface area (TPSA) is 107 Å². The Labute approximate surface area is 250 Å². The van der Waals surface area contributed by atoms with Gasteiger partial charge in [0.05, 0.1) is 37.1 Å². The van der Waals surface area contributed by atoms with Gasteiger partial charge in [-0.25, -0.2) is 20.5 Å². The van der Waals surface area contributed by atoms with Crippen molar-refractivity contribution in [1.82, 2.24) is 29.6 Å². The van der Waals surface area contributed by atoms with E-state index in [2.05, 4.69) is 22.7 Å². The molecule has 43 heavy (non-hydrogen) atoms. The van der Waals surface area contributed by atoms with Crippen molar-refractivity contribution in [3.63, 3.8) is 0 Å². The van der Waals surface area contributed by atoms with Crippen molar-refractivity contribution in [3.8, 4) is 0 Å². The van der Waals surface area contributed by atoms with Gasteiger partial charge in [0.2, 0.25) is 0 Å².